The summed E-state index contributed by atoms with van der Waals surface area (Å²) in [5.74, 6) is 0. The molecule has 0 aliphatic rings. The summed E-state index contributed by atoms with van der Waals surface area (Å²) in [4.78, 5) is 0. The fourth-order valence-electron chi connectivity index (χ4n) is 3.07. The highest BCUT2D eigenvalue weighted by molar-refractivity contribution is 7.59. The monoisotopic (exact) mass is 383 g/mol. The molecule has 26 heavy (non-hydrogen) atoms. The van der Waals surface area contributed by atoms with Crippen molar-refractivity contribution in [1.29, 1.82) is 0 Å². The molecule has 1 N–H and O–H groups in total. The number of hydrogen-bond donors (Lipinski definition) is 1. The number of hydrogen-bond acceptors (Lipinski definition) is 1. The summed E-state index contributed by atoms with van der Waals surface area (Å²) < 4.78 is 39.5. The smallest absolute Gasteiger partial charge is 0.303 e. The van der Waals surface area contributed by atoms with Crippen molar-refractivity contribution in [2.45, 2.75) is 58.3 Å². The Morgan fingerprint density at radius 2 is 1.65 bits per heavy atom. The highest BCUT2D eigenvalue weighted by Gasteiger charge is 2.31. The molecule has 2 rings (SSSR count). The lowest BCUT2D eigenvalue weighted by Gasteiger charge is -2.25. The molecule has 5 heteroatoms. The fraction of sp³-hybridized carbons (Fsp3) is 0.429. The molecule has 0 radical (unpaired) electrons. The van der Waals surface area contributed by atoms with Crippen molar-refractivity contribution in [3.8, 4) is 0 Å². The molecule has 2 aromatic carbocycles. The summed E-state index contributed by atoms with van der Waals surface area (Å²) >= 11 is 0. The Balaban J connectivity index is 0.00000338. The van der Waals surface area contributed by atoms with E-state index in [-0.39, 0.29) is 25.6 Å². The predicted molar refractivity (Wildman–Crippen MR) is 107 cm³/mol. The predicted octanol–water partition coefficient (Wildman–Crippen LogP) is 6.71. The van der Waals surface area contributed by atoms with Gasteiger partial charge in [-0.15, -0.1) is 0 Å². The number of alkyl halides is 3. The van der Waals surface area contributed by atoms with Gasteiger partial charge < -0.3 is 5.32 Å². The second-order valence-electron chi connectivity index (χ2n) is 6.62. The molecule has 0 aliphatic carbocycles. The van der Waals surface area contributed by atoms with Crippen molar-refractivity contribution in [3.05, 3.63) is 70.8 Å². The number of benzene rings is 2. The molecule has 2 aromatic rings. The Kier molecular flexibility index (Phi) is 8.71. The molecule has 2 unspecified atom stereocenters. The van der Waals surface area contributed by atoms with E-state index in [4.69, 9.17) is 0 Å². The zero-order valence-electron chi connectivity index (χ0n) is 15.5. The highest BCUT2D eigenvalue weighted by atomic mass is 32.1. The van der Waals surface area contributed by atoms with E-state index in [2.05, 4.69) is 19.2 Å². The maximum atomic E-state index is 13.2. The van der Waals surface area contributed by atoms with E-state index in [0.717, 1.165) is 24.8 Å². The summed E-state index contributed by atoms with van der Waals surface area (Å²) in [7, 11) is 0. The van der Waals surface area contributed by atoms with Gasteiger partial charge in [-0.2, -0.15) is 26.7 Å². The minimum Gasteiger partial charge on any atom is -0.303 e. The first-order valence-corrected chi connectivity index (χ1v) is 8.81. The van der Waals surface area contributed by atoms with Gasteiger partial charge in [0.1, 0.15) is 0 Å². The topological polar surface area (TPSA) is 12.0 Å². The van der Waals surface area contributed by atoms with Gasteiger partial charge in [-0.3, -0.25) is 0 Å². The first-order valence-electron chi connectivity index (χ1n) is 8.81. The number of halogens is 3. The van der Waals surface area contributed by atoms with Crippen molar-refractivity contribution in [2.24, 2.45) is 0 Å². The van der Waals surface area contributed by atoms with Gasteiger partial charge in [0.05, 0.1) is 5.56 Å². The van der Waals surface area contributed by atoms with Crippen molar-refractivity contribution >= 4 is 13.5 Å². The van der Waals surface area contributed by atoms with Crippen molar-refractivity contribution < 1.29 is 13.2 Å². The number of aryl methyl sites for hydroxylation is 1. The number of rotatable bonds is 7. The molecular formula is C21H28F3NS. The van der Waals surface area contributed by atoms with E-state index in [0.29, 0.717) is 11.1 Å². The van der Waals surface area contributed by atoms with Crippen LogP contribution < -0.4 is 5.32 Å². The molecule has 0 aromatic heterocycles. The Bertz CT molecular complexity index is 671. The summed E-state index contributed by atoms with van der Waals surface area (Å²) in [5, 5.41) is 3.52. The fourth-order valence-corrected chi connectivity index (χ4v) is 3.07. The van der Waals surface area contributed by atoms with Gasteiger partial charge in [0.15, 0.2) is 0 Å². The van der Waals surface area contributed by atoms with Crippen LogP contribution in [0.15, 0.2) is 48.5 Å². The Morgan fingerprint density at radius 1 is 1.00 bits per heavy atom. The van der Waals surface area contributed by atoms with E-state index in [1.165, 1.54) is 12.1 Å². The summed E-state index contributed by atoms with van der Waals surface area (Å²) in [6, 6.07) is 14.3. The van der Waals surface area contributed by atoms with Gasteiger partial charge in [0.25, 0.3) is 0 Å². The SMILES string of the molecule is CCCCC(NC(C)c1ccccc1)c1cc(C)cc(C(F)(F)F)c1.S. The van der Waals surface area contributed by atoms with Crippen LogP contribution in [0.5, 0.6) is 0 Å². The quantitative estimate of drug-likeness (QED) is 0.560. The minimum atomic E-state index is -4.32. The van der Waals surface area contributed by atoms with E-state index in [9.17, 15) is 13.2 Å². The maximum absolute atomic E-state index is 13.2. The standard InChI is InChI=1S/C21H26F3N.H2S/c1-4-5-11-20(25-16(3)17-9-7-6-8-10-17)18-12-15(2)13-19(14-18)21(22,23)24;/h6-10,12-14,16,20,25H,4-5,11H2,1-3H3;1H2. The second kappa shape index (κ2) is 10.0. The van der Waals surface area contributed by atoms with Crippen LogP contribution in [0.3, 0.4) is 0 Å². The van der Waals surface area contributed by atoms with Gasteiger partial charge in [0.2, 0.25) is 0 Å². The molecule has 0 saturated heterocycles. The molecular weight excluding hydrogens is 355 g/mol. The molecule has 1 nitrogen and oxygen atoms in total. The molecule has 0 fully saturated rings. The van der Waals surface area contributed by atoms with Crippen LogP contribution in [0.25, 0.3) is 0 Å². The van der Waals surface area contributed by atoms with Gasteiger partial charge in [-0.1, -0.05) is 61.7 Å². The Labute approximate surface area is 161 Å². The highest BCUT2D eigenvalue weighted by Crippen LogP contribution is 2.33. The van der Waals surface area contributed by atoms with Crippen LogP contribution in [0.4, 0.5) is 13.2 Å². The third-order valence-corrected chi connectivity index (χ3v) is 4.43. The van der Waals surface area contributed by atoms with Gasteiger partial charge >= 0.3 is 6.18 Å². The lowest BCUT2D eigenvalue weighted by molar-refractivity contribution is -0.137. The molecule has 144 valence electrons. The summed E-state index contributed by atoms with van der Waals surface area (Å²) in [5.41, 5.74) is 1.91. The second-order valence-corrected chi connectivity index (χ2v) is 6.62. The van der Waals surface area contributed by atoms with Crippen molar-refractivity contribution in [3.63, 3.8) is 0 Å². The van der Waals surface area contributed by atoms with Crippen molar-refractivity contribution in [2.75, 3.05) is 0 Å². The lowest BCUT2D eigenvalue weighted by Crippen LogP contribution is -2.25. The largest absolute Gasteiger partial charge is 0.416 e. The summed E-state index contributed by atoms with van der Waals surface area (Å²) in [6.45, 7) is 5.86. The van der Waals surface area contributed by atoms with Crippen LogP contribution in [-0.4, -0.2) is 0 Å². The van der Waals surface area contributed by atoms with Crippen LogP contribution in [0.1, 0.15) is 67.4 Å². The molecule has 0 bridgehead atoms. The average Bonchev–Trinajstić information content (AvgIpc) is 2.57. The van der Waals surface area contributed by atoms with Crippen molar-refractivity contribution in [1.82, 2.24) is 5.32 Å². The maximum Gasteiger partial charge on any atom is 0.416 e. The van der Waals surface area contributed by atoms with Crippen LogP contribution >= 0.6 is 13.5 Å². The first-order chi connectivity index (χ1) is 11.8. The normalized spacial score (nSPS) is 13.8. The third kappa shape index (κ3) is 6.36. The van der Waals surface area contributed by atoms with Gasteiger partial charge in [-0.25, -0.2) is 0 Å². The molecule has 0 saturated carbocycles. The number of unbranched alkanes of at least 4 members (excludes halogenated alkanes) is 1. The molecule has 0 amide bonds. The first kappa shape index (κ1) is 22.6. The Hall–Kier alpha value is -1.46. The molecule has 0 aliphatic heterocycles. The van der Waals surface area contributed by atoms with E-state index in [1.54, 1.807) is 6.92 Å². The summed E-state index contributed by atoms with van der Waals surface area (Å²) in [6.07, 6.45) is -1.53. The van der Waals surface area contributed by atoms with Gasteiger partial charge in [0, 0.05) is 12.1 Å². The third-order valence-electron chi connectivity index (χ3n) is 4.43. The van der Waals surface area contributed by atoms with E-state index in [1.807, 2.05) is 36.4 Å². The number of nitrogens with one attached hydrogen (secondary N) is 1. The van der Waals surface area contributed by atoms with E-state index >= 15 is 0 Å². The lowest BCUT2D eigenvalue weighted by atomic mass is 9.95. The Morgan fingerprint density at radius 3 is 2.23 bits per heavy atom. The van der Waals surface area contributed by atoms with Gasteiger partial charge in [-0.05, 0) is 43.5 Å². The van der Waals surface area contributed by atoms with Crippen LogP contribution in [0, 0.1) is 6.92 Å². The zero-order valence-corrected chi connectivity index (χ0v) is 16.5. The van der Waals surface area contributed by atoms with Crippen LogP contribution in [-0.2, 0) is 6.18 Å². The van der Waals surface area contributed by atoms with E-state index < -0.39 is 11.7 Å². The van der Waals surface area contributed by atoms with Crippen LogP contribution in [0.2, 0.25) is 0 Å². The molecule has 2 atom stereocenters. The molecule has 0 heterocycles. The zero-order chi connectivity index (χ0) is 18.4. The minimum absolute atomic E-state index is 0. The average molecular weight is 384 g/mol. The molecule has 0 spiro atoms.